The lowest BCUT2D eigenvalue weighted by molar-refractivity contribution is -0.119. The first-order valence-corrected chi connectivity index (χ1v) is 7.16. The van der Waals surface area contributed by atoms with Crippen LogP contribution in [0.3, 0.4) is 0 Å². The first-order valence-electron chi connectivity index (χ1n) is 6.78. The van der Waals surface area contributed by atoms with Crippen LogP contribution in [0, 0.1) is 0 Å². The van der Waals surface area contributed by atoms with E-state index < -0.39 is 0 Å². The standard InChI is InChI=1S/C14H19ClN4O2/c1-9(20)17-11-4-5-19(7-11)8-14(21)18-13-6-10(15)2-3-12(13)16/h2-3,6,11H,4-5,7-8,16H2,1H3,(H,17,20)(H,18,21). The Bertz CT molecular complexity index is 550. The predicted octanol–water partition coefficient (Wildman–Crippen LogP) is 1.07. The van der Waals surface area contributed by atoms with Crippen molar-refractivity contribution in [1.29, 1.82) is 0 Å². The van der Waals surface area contributed by atoms with Gasteiger partial charge in [0, 0.05) is 31.1 Å². The highest BCUT2D eigenvalue weighted by Gasteiger charge is 2.24. The van der Waals surface area contributed by atoms with Gasteiger partial charge in [-0.25, -0.2) is 0 Å². The van der Waals surface area contributed by atoms with Gasteiger partial charge in [-0.2, -0.15) is 0 Å². The number of hydrogen-bond acceptors (Lipinski definition) is 4. The van der Waals surface area contributed by atoms with Gasteiger partial charge in [0.1, 0.15) is 0 Å². The zero-order chi connectivity index (χ0) is 15.4. The Kier molecular flexibility index (Phi) is 5.03. The average molecular weight is 311 g/mol. The number of amides is 2. The molecule has 6 nitrogen and oxygen atoms in total. The van der Waals surface area contributed by atoms with E-state index in [2.05, 4.69) is 10.6 Å². The van der Waals surface area contributed by atoms with Crippen molar-refractivity contribution < 1.29 is 9.59 Å². The van der Waals surface area contributed by atoms with Gasteiger partial charge in [-0.15, -0.1) is 0 Å². The predicted molar refractivity (Wildman–Crippen MR) is 83.2 cm³/mol. The molecule has 1 aromatic carbocycles. The fourth-order valence-corrected chi connectivity index (χ4v) is 2.58. The summed E-state index contributed by atoms with van der Waals surface area (Å²) in [6.45, 7) is 3.22. The summed E-state index contributed by atoms with van der Waals surface area (Å²) in [7, 11) is 0. The van der Waals surface area contributed by atoms with Crippen LogP contribution in [0.4, 0.5) is 11.4 Å². The Morgan fingerprint density at radius 3 is 2.95 bits per heavy atom. The van der Waals surface area contributed by atoms with Gasteiger partial charge in [0.2, 0.25) is 11.8 Å². The number of hydrogen-bond donors (Lipinski definition) is 3. The first-order chi connectivity index (χ1) is 9.94. The van der Waals surface area contributed by atoms with Gasteiger partial charge < -0.3 is 16.4 Å². The topological polar surface area (TPSA) is 87.5 Å². The van der Waals surface area contributed by atoms with Gasteiger partial charge in [0.05, 0.1) is 17.9 Å². The average Bonchev–Trinajstić information content (AvgIpc) is 2.80. The maximum atomic E-state index is 12.0. The Hall–Kier alpha value is -1.79. The molecule has 1 aromatic rings. The minimum Gasteiger partial charge on any atom is -0.397 e. The maximum Gasteiger partial charge on any atom is 0.238 e. The second-order valence-electron chi connectivity index (χ2n) is 5.20. The molecule has 114 valence electrons. The molecule has 1 saturated heterocycles. The van der Waals surface area contributed by atoms with Crippen molar-refractivity contribution in [2.45, 2.75) is 19.4 Å². The number of nitrogen functional groups attached to an aromatic ring is 1. The van der Waals surface area contributed by atoms with E-state index in [9.17, 15) is 9.59 Å². The molecule has 1 unspecified atom stereocenters. The molecule has 0 radical (unpaired) electrons. The molecule has 4 N–H and O–H groups in total. The van der Waals surface area contributed by atoms with Crippen LogP contribution < -0.4 is 16.4 Å². The molecular weight excluding hydrogens is 292 g/mol. The molecule has 21 heavy (non-hydrogen) atoms. The number of rotatable bonds is 4. The third-order valence-corrected chi connectivity index (χ3v) is 3.57. The van der Waals surface area contributed by atoms with Crippen LogP contribution in [0.5, 0.6) is 0 Å². The first kappa shape index (κ1) is 15.6. The van der Waals surface area contributed by atoms with Gasteiger partial charge in [-0.3, -0.25) is 14.5 Å². The van der Waals surface area contributed by atoms with E-state index in [1.165, 1.54) is 6.92 Å². The fraction of sp³-hybridized carbons (Fsp3) is 0.429. The Morgan fingerprint density at radius 1 is 1.48 bits per heavy atom. The second kappa shape index (κ2) is 6.78. The number of nitrogens with two attached hydrogens (primary N) is 1. The lowest BCUT2D eigenvalue weighted by atomic mass is 10.2. The second-order valence-corrected chi connectivity index (χ2v) is 5.64. The summed E-state index contributed by atoms with van der Waals surface area (Å²) in [5.74, 6) is -0.189. The molecule has 0 aromatic heterocycles. The minimum absolute atomic E-state index is 0.0435. The van der Waals surface area contributed by atoms with Crippen LogP contribution in [0.2, 0.25) is 5.02 Å². The van der Waals surface area contributed by atoms with Gasteiger partial charge in [-0.05, 0) is 24.6 Å². The van der Waals surface area contributed by atoms with Crippen molar-refractivity contribution in [2.24, 2.45) is 0 Å². The van der Waals surface area contributed by atoms with Crippen molar-refractivity contribution in [2.75, 3.05) is 30.7 Å². The summed E-state index contributed by atoms with van der Waals surface area (Å²) in [5, 5.41) is 6.14. The van der Waals surface area contributed by atoms with Crippen LogP contribution in [0.25, 0.3) is 0 Å². The molecule has 0 saturated carbocycles. The number of nitrogens with one attached hydrogen (secondary N) is 2. The molecule has 0 aliphatic carbocycles. The molecule has 7 heteroatoms. The normalized spacial score (nSPS) is 18.5. The number of benzene rings is 1. The third kappa shape index (κ3) is 4.61. The summed E-state index contributed by atoms with van der Waals surface area (Å²) in [5.41, 5.74) is 6.78. The molecule has 1 heterocycles. The zero-order valence-corrected chi connectivity index (χ0v) is 12.6. The largest absolute Gasteiger partial charge is 0.397 e. The highest BCUT2D eigenvalue weighted by atomic mass is 35.5. The molecule has 2 amide bonds. The van der Waals surface area contributed by atoms with E-state index in [1.807, 2.05) is 4.90 Å². The summed E-state index contributed by atoms with van der Waals surface area (Å²) in [4.78, 5) is 25.0. The van der Waals surface area contributed by atoms with Gasteiger partial charge in [-0.1, -0.05) is 11.6 Å². The molecule has 1 aliphatic rings. The van der Waals surface area contributed by atoms with Crippen LogP contribution in [-0.2, 0) is 9.59 Å². The molecule has 0 spiro atoms. The number of halogens is 1. The van der Waals surface area contributed by atoms with Crippen molar-refractivity contribution in [3.8, 4) is 0 Å². The van der Waals surface area contributed by atoms with E-state index in [4.69, 9.17) is 17.3 Å². The Morgan fingerprint density at radius 2 is 2.24 bits per heavy atom. The molecule has 2 rings (SSSR count). The highest BCUT2D eigenvalue weighted by Crippen LogP contribution is 2.22. The molecule has 1 aliphatic heterocycles. The van der Waals surface area contributed by atoms with Crippen LogP contribution >= 0.6 is 11.6 Å². The zero-order valence-electron chi connectivity index (χ0n) is 11.9. The van der Waals surface area contributed by atoms with Gasteiger partial charge in [0.25, 0.3) is 0 Å². The van der Waals surface area contributed by atoms with Gasteiger partial charge >= 0.3 is 0 Å². The van der Waals surface area contributed by atoms with Crippen LogP contribution in [-0.4, -0.2) is 42.4 Å². The SMILES string of the molecule is CC(=O)NC1CCN(CC(=O)Nc2cc(Cl)ccc2N)C1. The molecular formula is C14H19ClN4O2. The van der Waals surface area contributed by atoms with E-state index in [0.29, 0.717) is 22.9 Å². The fourth-order valence-electron chi connectivity index (χ4n) is 2.41. The number of carbonyl (C=O) groups excluding carboxylic acids is 2. The summed E-state index contributed by atoms with van der Waals surface area (Å²) >= 11 is 5.88. The van der Waals surface area contributed by atoms with Crippen molar-refractivity contribution in [1.82, 2.24) is 10.2 Å². The van der Waals surface area contributed by atoms with Crippen LogP contribution in [0.15, 0.2) is 18.2 Å². The van der Waals surface area contributed by atoms with Gasteiger partial charge in [0.15, 0.2) is 0 Å². The van der Waals surface area contributed by atoms with Crippen molar-refractivity contribution in [3.63, 3.8) is 0 Å². The number of nitrogens with zero attached hydrogens (tertiary/aromatic N) is 1. The van der Waals surface area contributed by atoms with E-state index >= 15 is 0 Å². The lowest BCUT2D eigenvalue weighted by Gasteiger charge is -2.16. The van der Waals surface area contributed by atoms with Crippen LogP contribution in [0.1, 0.15) is 13.3 Å². The summed E-state index contributed by atoms with van der Waals surface area (Å²) in [6, 6.07) is 5.07. The Balaban J connectivity index is 1.85. The van der Waals surface area contributed by atoms with Crippen molar-refractivity contribution in [3.05, 3.63) is 23.2 Å². The lowest BCUT2D eigenvalue weighted by Crippen LogP contribution is -2.37. The highest BCUT2D eigenvalue weighted by molar-refractivity contribution is 6.31. The van der Waals surface area contributed by atoms with Crippen molar-refractivity contribution >= 4 is 34.8 Å². The minimum atomic E-state index is -0.146. The number of anilines is 2. The number of carbonyl (C=O) groups is 2. The summed E-state index contributed by atoms with van der Waals surface area (Å²) < 4.78 is 0. The maximum absolute atomic E-state index is 12.0. The monoisotopic (exact) mass is 310 g/mol. The smallest absolute Gasteiger partial charge is 0.238 e. The van der Waals surface area contributed by atoms with E-state index in [1.54, 1.807) is 18.2 Å². The summed E-state index contributed by atoms with van der Waals surface area (Å²) in [6.07, 6.45) is 0.853. The quantitative estimate of drug-likeness (QED) is 0.726. The third-order valence-electron chi connectivity index (χ3n) is 3.34. The molecule has 1 atom stereocenters. The molecule has 1 fully saturated rings. The van der Waals surface area contributed by atoms with E-state index in [-0.39, 0.29) is 24.4 Å². The number of likely N-dealkylation sites (tertiary alicyclic amines) is 1. The van der Waals surface area contributed by atoms with E-state index in [0.717, 1.165) is 13.0 Å². The molecule has 0 bridgehead atoms. The Labute approximate surface area is 128 Å².